The molecule has 0 saturated carbocycles. The van der Waals surface area contributed by atoms with Crippen LogP contribution in [0.3, 0.4) is 0 Å². The molecule has 2 N–H and O–H groups in total. The number of aromatic nitrogens is 2. The molecule has 2 aromatic heterocycles. The standard InChI is InChI=1S/C42H44BN3O2/c1-22(2)25-14-30(23(3)4)42(31(15-25)24(5)6)43-34-20-38-32(28-12-10-26(47-8)16-36(28)44-38)18-40(34)46(7)41-19-33-29-13-11-27(48-9)17-37(29)45-39(33)21-35(41)43/h10-24,44-45H,1-9H3. The van der Waals surface area contributed by atoms with E-state index >= 15 is 0 Å². The van der Waals surface area contributed by atoms with Crippen LogP contribution in [0.25, 0.3) is 43.6 Å². The molecule has 0 spiro atoms. The highest BCUT2D eigenvalue weighted by atomic mass is 16.5. The molecule has 7 aromatic rings. The van der Waals surface area contributed by atoms with Crippen LogP contribution in [0.1, 0.15) is 76.0 Å². The third-order valence-electron chi connectivity index (χ3n) is 10.7. The third-order valence-corrected chi connectivity index (χ3v) is 10.7. The van der Waals surface area contributed by atoms with E-state index in [2.05, 4.69) is 136 Å². The number of rotatable bonds is 6. The summed E-state index contributed by atoms with van der Waals surface area (Å²) in [5, 5.41) is 4.86. The molecule has 5 aromatic carbocycles. The van der Waals surface area contributed by atoms with Gasteiger partial charge in [0.05, 0.1) is 25.3 Å². The number of fused-ring (bicyclic) bond motifs is 8. The van der Waals surface area contributed by atoms with Gasteiger partial charge in [-0.3, -0.25) is 0 Å². The molecule has 1 aliphatic rings. The first-order chi connectivity index (χ1) is 23.1. The SMILES string of the molecule is COc1ccc2c(c1)[nH]c1cc3c(cc12)N(C)c1cc2c(cc1B3c1c(C(C)C)cc(C(C)C)cc1C(C)C)[nH]c1cc(OC)ccc12. The van der Waals surface area contributed by atoms with Gasteiger partial charge >= 0.3 is 0 Å². The van der Waals surface area contributed by atoms with E-state index in [9.17, 15) is 0 Å². The van der Waals surface area contributed by atoms with E-state index in [1.54, 1.807) is 14.2 Å². The normalized spacial score (nSPS) is 13.2. The molecule has 0 unspecified atom stereocenters. The van der Waals surface area contributed by atoms with E-state index in [0.717, 1.165) is 33.6 Å². The van der Waals surface area contributed by atoms with Crippen LogP contribution in [-0.2, 0) is 0 Å². The van der Waals surface area contributed by atoms with Gasteiger partial charge < -0.3 is 24.3 Å². The lowest BCUT2D eigenvalue weighted by Crippen LogP contribution is -2.59. The molecule has 48 heavy (non-hydrogen) atoms. The maximum atomic E-state index is 5.59. The number of benzene rings is 5. The summed E-state index contributed by atoms with van der Waals surface area (Å²) in [5.74, 6) is 2.91. The summed E-state index contributed by atoms with van der Waals surface area (Å²) >= 11 is 0. The van der Waals surface area contributed by atoms with Crippen LogP contribution in [0.15, 0.2) is 72.8 Å². The highest BCUT2D eigenvalue weighted by Crippen LogP contribution is 2.38. The van der Waals surface area contributed by atoms with E-state index in [0.29, 0.717) is 17.8 Å². The molecule has 0 fully saturated rings. The molecule has 0 aliphatic carbocycles. The second-order valence-electron chi connectivity index (χ2n) is 14.6. The minimum absolute atomic E-state index is 0.0536. The zero-order valence-corrected chi connectivity index (χ0v) is 29.5. The monoisotopic (exact) mass is 633 g/mol. The molecule has 0 radical (unpaired) electrons. The first-order valence-corrected chi connectivity index (χ1v) is 17.3. The molecule has 5 nitrogen and oxygen atoms in total. The molecule has 8 rings (SSSR count). The summed E-state index contributed by atoms with van der Waals surface area (Å²) in [7, 11) is 5.68. The first kappa shape index (κ1) is 30.5. The van der Waals surface area contributed by atoms with Crippen LogP contribution in [0.4, 0.5) is 11.4 Å². The molecule has 3 heterocycles. The van der Waals surface area contributed by atoms with Crippen molar-refractivity contribution in [1.29, 1.82) is 0 Å². The number of nitrogens with zero attached hydrogens (tertiary/aromatic N) is 1. The van der Waals surface area contributed by atoms with E-state index in [-0.39, 0.29) is 6.71 Å². The van der Waals surface area contributed by atoms with Gasteiger partial charge in [0.1, 0.15) is 11.5 Å². The molecule has 0 saturated heterocycles. The molecule has 242 valence electrons. The van der Waals surface area contributed by atoms with E-state index in [4.69, 9.17) is 9.47 Å². The van der Waals surface area contributed by atoms with Crippen molar-refractivity contribution in [3.8, 4) is 11.5 Å². The predicted octanol–water partition coefficient (Wildman–Crippen LogP) is 8.94. The van der Waals surface area contributed by atoms with Crippen LogP contribution in [0.2, 0.25) is 0 Å². The highest BCUT2D eigenvalue weighted by molar-refractivity contribution is 6.98. The van der Waals surface area contributed by atoms with Crippen LogP contribution < -0.4 is 30.8 Å². The molecular weight excluding hydrogens is 589 g/mol. The molecule has 1 aliphatic heterocycles. The zero-order valence-electron chi connectivity index (χ0n) is 29.5. The van der Waals surface area contributed by atoms with Gasteiger partial charge in [0, 0.05) is 63.1 Å². The Balaban J connectivity index is 1.49. The lowest BCUT2D eigenvalue weighted by molar-refractivity contribution is 0.415. The maximum absolute atomic E-state index is 5.59. The fraction of sp³-hybridized carbons (Fsp3) is 0.286. The minimum Gasteiger partial charge on any atom is -0.497 e. The fourth-order valence-electron chi connectivity index (χ4n) is 8.13. The average Bonchev–Trinajstić information content (AvgIpc) is 3.62. The molecule has 0 atom stereocenters. The summed E-state index contributed by atoms with van der Waals surface area (Å²) in [4.78, 5) is 9.92. The molecule has 6 heteroatoms. The number of methoxy groups -OCH3 is 2. The summed E-state index contributed by atoms with van der Waals surface area (Å²) in [6.07, 6.45) is 0. The lowest BCUT2D eigenvalue weighted by Gasteiger charge is -2.37. The molecular formula is C42H44BN3O2. The molecule has 0 bridgehead atoms. The Labute approximate surface area is 283 Å². The van der Waals surface area contributed by atoms with Crippen LogP contribution in [0.5, 0.6) is 11.5 Å². The maximum Gasteiger partial charge on any atom is 0.247 e. The van der Waals surface area contributed by atoms with Crippen LogP contribution in [-0.4, -0.2) is 37.9 Å². The van der Waals surface area contributed by atoms with Crippen molar-refractivity contribution in [2.75, 3.05) is 26.2 Å². The average molecular weight is 634 g/mol. The quantitative estimate of drug-likeness (QED) is 0.180. The van der Waals surface area contributed by atoms with Crippen molar-refractivity contribution in [3.63, 3.8) is 0 Å². The van der Waals surface area contributed by atoms with Crippen molar-refractivity contribution < 1.29 is 9.47 Å². The number of ether oxygens (including phenoxy) is 2. The topological polar surface area (TPSA) is 53.3 Å². The van der Waals surface area contributed by atoms with Gasteiger partial charge in [0.2, 0.25) is 6.71 Å². The number of anilines is 2. The first-order valence-electron chi connectivity index (χ1n) is 17.3. The Hall–Kier alpha value is -4.84. The lowest BCUT2D eigenvalue weighted by atomic mass is 9.33. The van der Waals surface area contributed by atoms with Crippen molar-refractivity contribution >= 4 is 78.1 Å². The molecule has 0 amide bonds. The van der Waals surface area contributed by atoms with Crippen molar-refractivity contribution in [1.82, 2.24) is 9.97 Å². The van der Waals surface area contributed by atoms with E-state index in [1.165, 1.54) is 66.0 Å². The summed E-state index contributed by atoms with van der Waals surface area (Å²) in [5.41, 5.74) is 15.4. The minimum atomic E-state index is 0.0536. The zero-order chi connectivity index (χ0) is 33.6. The number of nitrogens with one attached hydrogen (secondary N) is 2. The van der Waals surface area contributed by atoms with E-state index < -0.39 is 0 Å². The van der Waals surface area contributed by atoms with Gasteiger partial charge in [-0.05, 0) is 93.9 Å². The van der Waals surface area contributed by atoms with Gasteiger partial charge in [0.15, 0.2) is 0 Å². The second kappa shape index (κ2) is 11.1. The Morgan fingerprint density at radius 1 is 0.542 bits per heavy atom. The number of hydrogen-bond acceptors (Lipinski definition) is 3. The Morgan fingerprint density at radius 2 is 0.979 bits per heavy atom. The third kappa shape index (κ3) is 4.52. The van der Waals surface area contributed by atoms with Gasteiger partial charge in [-0.2, -0.15) is 0 Å². The Bertz CT molecular complexity index is 2240. The number of H-pyrrole nitrogens is 2. The van der Waals surface area contributed by atoms with Crippen molar-refractivity contribution in [2.45, 2.75) is 59.3 Å². The highest BCUT2D eigenvalue weighted by Gasteiger charge is 2.38. The van der Waals surface area contributed by atoms with Crippen LogP contribution >= 0.6 is 0 Å². The summed E-state index contributed by atoms with van der Waals surface area (Å²) in [6, 6.07) is 27.3. The number of aromatic amines is 2. The largest absolute Gasteiger partial charge is 0.497 e. The van der Waals surface area contributed by atoms with Crippen LogP contribution in [0, 0.1) is 0 Å². The van der Waals surface area contributed by atoms with Gasteiger partial charge in [-0.25, -0.2) is 0 Å². The van der Waals surface area contributed by atoms with Gasteiger partial charge in [0.25, 0.3) is 0 Å². The van der Waals surface area contributed by atoms with Gasteiger partial charge in [-0.15, -0.1) is 0 Å². The second-order valence-corrected chi connectivity index (χ2v) is 14.6. The fourth-order valence-corrected chi connectivity index (χ4v) is 8.13. The Morgan fingerprint density at radius 3 is 1.38 bits per heavy atom. The smallest absolute Gasteiger partial charge is 0.247 e. The number of hydrogen-bond donors (Lipinski definition) is 2. The summed E-state index contributed by atoms with van der Waals surface area (Å²) < 4.78 is 11.2. The predicted molar refractivity (Wildman–Crippen MR) is 206 cm³/mol. The summed E-state index contributed by atoms with van der Waals surface area (Å²) in [6.45, 7) is 14.1. The Kier molecular flexibility index (Phi) is 7.06. The van der Waals surface area contributed by atoms with E-state index in [1.807, 2.05) is 0 Å². The van der Waals surface area contributed by atoms with Crippen molar-refractivity contribution in [3.05, 3.63) is 89.5 Å². The van der Waals surface area contributed by atoms with Gasteiger partial charge in [-0.1, -0.05) is 59.1 Å². The van der Waals surface area contributed by atoms with Crippen molar-refractivity contribution in [2.24, 2.45) is 0 Å².